The van der Waals surface area contributed by atoms with Gasteiger partial charge in [0.15, 0.2) is 22.0 Å². The fraction of sp³-hybridized carbons (Fsp3) is 0.208. The first kappa shape index (κ1) is 24.3. The van der Waals surface area contributed by atoms with Crippen molar-refractivity contribution in [2.45, 2.75) is 11.5 Å². The van der Waals surface area contributed by atoms with Gasteiger partial charge < -0.3 is 23.4 Å². The lowest BCUT2D eigenvalue weighted by atomic mass is 10.1. The van der Waals surface area contributed by atoms with Crippen LogP contribution < -0.4 is 29.3 Å². The van der Waals surface area contributed by atoms with Gasteiger partial charge in [0.05, 0.1) is 40.4 Å². The molecule has 1 aromatic heterocycles. The van der Waals surface area contributed by atoms with Crippen LogP contribution in [0.5, 0.6) is 23.0 Å². The van der Waals surface area contributed by atoms with E-state index < -0.39 is 20.3 Å². The number of hydrogen-bond acceptors (Lipinski definition) is 9. The highest BCUT2D eigenvalue weighted by Crippen LogP contribution is 2.40. The van der Waals surface area contributed by atoms with Gasteiger partial charge in [-0.2, -0.15) is 0 Å². The molecule has 0 bridgehead atoms. The molecule has 0 aliphatic rings. The average Bonchev–Trinajstić information content (AvgIpc) is 2.87. The molecule has 10 nitrogen and oxygen atoms in total. The van der Waals surface area contributed by atoms with Gasteiger partial charge in [-0.3, -0.25) is 9.63 Å². The first-order chi connectivity index (χ1) is 16.8. The minimum atomic E-state index is -4.38. The molecule has 0 saturated carbocycles. The van der Waals surface area contributed by atoms with Crippen LogP contribution in [-0.4, -0.2) is 36.9 Å². The summed E-state index contributed by atoms with van der Waals surface area (Å²) >= 11 is 0. The summed E-state index contributed by atoms with van der Waals surface area (Å²) in [6, 6.07) is 13.2. The number of fused-ring (bicyclic) bond motifs is 2. The lowest BCUT2D eigenvalue weighted by Gasteiger charge is -2.16. The van der Waals surface area contributed by atoms with Gasteiger partial charge in [0.25, 0.3) is 10.0 Å². The zero-order valence-corrected chi connectivity index (χ0v) is 20.2. The predicted octanol–water partition coefficient (Wildman–Crippen LogP) is 3.39. The van der Waals surface area contributed by atoms with Crippen molar-refractivity contribution in [3.63, 3.8) is 0 Å². The normalized spacial score (nSPS) is 11.5. The van der Waals surface area contributed by atoms with E-state index in [0.717, 1.165) is 5.56 Å². The molecule has 0 aliphatic heterocycles. The number of nitrogens with one attached hydrogen (secondary N) is 1. The average molecular weight is 502 g/mol. The van der Waals surface area contributed by atoms with Crippen molar-refractivity contribution in [1.29, 1.82) is 0 Å². The predicted molar refractivity (Wildman–Crippen MR) is 128 cm³/mol. The highest BCUT2D eigenvalue weighted by Gasteiger charge is 2.30. The molecular formula is C24H23NO9S. The Labute approximate surface area is 200 Å². The van der Waals surface area contributed by atoms with Gasteiger partial charge in [-0.25, -0.2) is 8.42 Å². The summed E-state index contributed by atoms with van der Waals surface area (Å²) in [4.78, 5) is 20.4. The Bertz CT molecular complexity index is 1550. The minimum Gasteiger partial charge on any atom is -0.496 e. The molecule has 0 spiro atoms. The quantitative estimate of drug-likeness (QED) is 0.272. The topological polar surface area (TPSA) is 123 Å². The SMILES string of the molecule is COc1cc2oc3c(S(=O)(=O)NOCc4ccccc4)c(OC)cc(OC)c3c(=O)c2cc1OC. The second-order valence-corrected chi connectivity index (χ2v) is 8.89. The molecule has 0 radical (unpaired) electrons. The molecule has 0 saturated heterocycles. The van der Waals surface area contributed by atoms with Crippen molar-refractivity contribution < 1.29 is 36.6 Å². The third-order valence-electron chi connectivity index (χ3n) is 5.29. The fourth-order valence-electron chi connectivity index (χ4n) is 3.65. The maximum Gasteiger partial charge on any atom is 0.269 e. The summed E-state index contributed by atoms with van der Waals surface area (Å²) in [6.45, 7) is -0.0274. The molecule has 184 valence electrons. The zero-order valence-electron chi connectivity index (χ0n) is 19.4. The van der Waals surface area contributed by atoms with E-state index in [4.69, 9.17) is 28.2 Å². The summed E-state index contributed by atoms with van der Waals surface area (Å²) in [5.74, 6) is 0.577. The molecule has 4 rings (SSSR count). The van der Waals surface area contributed by atoms with Crippen molar-refractivity contribution in [3.05, 3.63) is 64.3 Å². The zero-order chi connectivity index (χ0) is 25.2. The second kappa shape index (κ2) is 9.82. The van der Waals surface area contributed by atoms with E-state index in [1.54, 1.807) is 24.3 Å². The molecule has 35 heavy (non-hydrogen) atoms. The van der Waals surface area contributed by atoms with Crippen molar-refractivity contribution in [1.82, 2.24) is 4.89 Å². The molecule has 1 heterocycles. The molecule has 3 aromatic carbocycles. The highest BCUT2D eigenvalue weighted by molar-refractivity contribution is 7.89. The lowest BCUT2D eigenvalue weighted by Crippen LogP contribution is -2.25. The Morgan fingerprint density at radius 3 is 2.09 bits per heavy atom. The van der Waals surface area contributed by atoms with Crippen LogP contribution in [0, 0.1) is 0 Å². The molecule has 0 fully saturated rings. The molecule has 4 aromatic rings. The van der Waals surface area contributed by atoms with Gasteiger partial charge in [0, 0.05) is 12.1 Å². The standard InChI is InChI=1S/C24H23NO9S/c1-29-17-10-15-16(11-18(17)30-2)34-23-21(22(15)26)19(31-3)12-20(32-4)24(23)35(27,28)25-33-13-14-8-6-5-7-9-14/h5-12,25H,13H2,1-4H3. The van der Waals surface area contributed by atoms with Gasteiger partial charge in [0.1, 0.15) is 22.5 Å². The van der Waals surface area contributed by atoms with E-state index in [0.29, 0.717) is 11.5 Å². The van der Waals surface area contributed by atoms with E-state index in [1.807, 2.05) is 6.07 Å². The number of rotatable bonds is 9. The van der Waals surface area contributed by atoms with Gasteiger partial charge in [-0.1, -0.05) is 35.2 Å². The monoisotopic (exact) mass is 501 g/mol. The van der Waals surface area contributed by atoms with E-state index in [1.165, 1.54) is 46.6 Å². The third kappa shape index (κ3) is 4.48. The summed E-state index contributed by atoms with van der Waals surface area (Å²) in [7, 11) is 1.12. The van der Waals surface area contributed by atoms with E-state index in [2.05, 4.69) is 4.89 Å². The molecule has 0 amide bonds. The van der Waals surface area contributed by atoms with Crippen molar-refractivity contribution in [2.24, 2.45) is 0 Å². The van der Waals surface area contributed by atoms with Crippen LogP contribution in [0.1, 0.15) is 5.56 Å². The van der Waals surface area contributed by atoms with Gasteiger partial charge in [-0.15, -0.1) is 0 Å². The van der Waals surface area contributed by atoms with Crippen molar-refractivity contribution >= 4 is 32.0 Å². The number of methoxy groups -OCH3 is 4. The van der Waals surface area contributed by atoms with Crippen LogP contribution in [0.2, 0.25) is 0 Å². The molecule has 0 aliphatic carbocycles. The van der Waals surface area contributed by atoms with E-state index >= 15 is 0 Å². The summed E-state index contributed by atoms with van der Waals surface area (Å²) < 4.78 is 53.9. The van der Waals surface area contributed by atoms with Gasteiger partial charge in [0.2, 0.25) is 5.43 Å². The largest absolute Gasteiger partial charge is 0.496 e. The van der Waals surface area contributed by atoms with Crippen LogP contribution in [-0.2, 0) is 21.5 Å². The van der Waals surface area contributed by atoms with Crippen LogP contribution >= 0.6 is 0 Å². The van der Waals surface area contributed by atoms with Crippen LogP contribution in [0.25, 0.3) is 21.9 Å². The molecule has 0 atom stereocenters. The summed E-state index contributed by atoms with van der Waals surface area (Å²) in [5.41, 5.74) is 0.0440. The smallest absolute Gasteiger partial charge is 0.269 e. The molecule has 0 unspecified atom stereocenters. The minimum absolute atomic E-state index is 0.0274. The summed E-state index contributed by atoms with van der Waals surface area (Å²) in [5, 5.41) is 0.0618. The Kier molecular flexibility index (Phi) is 6.83. The third-order valence-corrected chi connectivity index (χ3v) is 6.56. The molecular weight excluding hydrogens is 478 g/mol. The Morgan fingerprint density at radius 2 is 1.46 bits per heavy atom. The number of ether oxygens (including phenoxy) is 4. The Morgan fingerprint density at radius 1 is 0.829 bits per heavy atom. The maximum atomic E-state index is 13.5. The number of benzene rings is 3. The van der Waals surface area contributed by atoms with Crippen LogP contribution in [0.4, 0.5) is 0 Å². The maximum absolute atomic E-state index is 13.5. The van der Waals surface area contributed by atoms with E-state index in [9.17, 15) is 13.2 Å². The van der Waals surface area contributed by atoms with E-state index in [-0.39, 0.29) is 40.0 Å². The van der Waals surface area contributed by atoms with Gasteiger partial charge >= 0.3 is 0 Å². The number of hydrogen-bond donors (Lipinski definition) is 1. The lowest BCUT2D eigenvalue weighted by molar-refractivity contribution is 0.0794. The molecule has 11 heteroatoms. The number of sulfonamides is 1. The van der Waals surface area contributed by atoms with Crippen molar-refractivity contribution in [2.75, 3.05) is 28.4 Å². The Balaban J connectivity index is 1.94. The first-order valence-corrected chi connectivity index (χ1v) is 11.8. The van der Waals surface area contributed by atoms with Crippen molar-refractivity contribution in [3.8, 4) is 23.0 Å². The van der Waals surface area contributed by atoms with Crippen LogP contribution in [0.15, 0.2) is 62.6 Å². The van der Waals surface area contributed by atoms with Gasteiger partial charge in [-0.05, 0) is 11.6 Å². The molecule has 1 N–H and O–H groups in total. The Hall–Kier alpha value is -3.80. The van der Waals surface area contributed by atoms with Crippen LogP contribution in [0.3, 0.4) is 0 Å². The fourth-order valence-corrected chi connectivity index (χ4v) is 4.74. The first-order valence-electron chi connectivity index (χ1n) is 10.3. The second-order valence-electron chi connectivity index (χ2n) is 7.31. The summed E-state index contributed by atoms with van der Waals surface area (Å²) in [6.07, 6.45) is 0. The highest BCUT2D eigenvalue weighted by atomic mass is 32.2.